The van der Waals surface area contributed by atoms with Gasteiger partial charge in [-0.15, -0.1) is 0 Å². The Hall–Kier alpha value is -2.06. The summed E-state index contributed by atoms with van der Waals surface area (Å²) in [5, 5.41) is 10.4. The maximum absolute atomic E-state index is 10.4. The number of benzene rings is 1. The van der Waals surface area contributed by atoms with Crippen LogP contribution in [0, 0.1) is 0 Å². The van der Waals surface area contributed by atoms with E-state index in [0.717, 1.165) is 57.3 Å². The molecule has 0 radical (unpaired) electrons. The van der Waals surface area contributed by atoms with E-state index >= 15 is 0 Å². The zero-order valence-corrected chi connectivity index (χ0v) is 17.6. The average Bonchev–Trinajstić information content (AvgIpc) is 2.74. The lowest BCUT2D eigenvalue weighted by Gasteiger charge is -2.34. The van der Waals surface area contributed by atoms with E-state index in [-0.39, 0.29) is 0 Å². The zero-order valence-electron chi connectivity index (χ0n) is 17.6. The molecule has 0 saturated carbocycles. The Morgan fingerprint density at radius 3 is 2.66 bits per heavy atom. The number of ether oxygens (including phenoxy) is 1. The lowest BCUT2D eigenvalue weighted by atomic mass is 10.2. The second-order valence-electron chi connectivity index (χ2n) is 7.72. The highest BCUT2D eigenvalue weighted by Crippen LogP contribution is 2.16. The standard InChI is InChI=1S/C22H33N5O2/c1-3-26-9-11-27(12-10-26)17-21(28)18-29-22-6-4-5-19(13-22)15-25(2)16-20-14-23-7-8-24-20/h4-8,13-14,21,28H,3,9-12,15-18H2,1-2H3/t21-/m1/s1. The second kappa shape index (κ2) is 11.2. The number of hydrogen-bond acceptors (Lipinski definition) is 7. The number of piperazine rings is 1. The Morgan fingerprint density at radius 2 is 1.93 bits per heavy atom. The lowest BCUT2D eigenvalue weighted by Crippen LogP contribution is -2.49. The van der Waals surface area contributed by atoms with Crippen LogP contribution < -0.4 is 4.74 Å². The second-order valence-corrected chi connectivity index (χ2v) is 7.72. The first-order chi connectivity index (χ1) is 14.1. The molecule has 0 aliphatic carbocycles. The molecule has 1 aromatic carbocycles. The van der Waals surface area contributed by atoms with Crippen LogP contribution >= 0.6 is 0 Å². The molecule has 7 heteroatoms. The van der Waals surface area contributed by atoms with Gasteiger partial charge in [-0.05, 0) is 31.3 Å². The summed E-state index contributed by atoms with van der Waals surface area (Å²) in [7, 11) is 2.06. The third-order valence-electron chi connectivity index (χ3n) is 5.22. The summed E-state index contributed by atoms with van der Waals surface area (Å²) in [4.78, 5) is 15.4. The summed E-state index contributed by atoms with van der Waals surface area (Å²) < 4.78 is 5.86. The van der Waals surface area contributed by atoms with E-state index in [1.54, 1.807) is 18.6 Å². The van der Waals surface area contributed by atoms with Crippen molar-refractivity contribution in [3.63, 3.8) is 0 Å². The highest BCUT2D eigenvalue weighted by molar-refractivity contribution is 5.28. The number of β-amino-alcohol motifs (C(OH)–C–C–N with tert-alkyl or cyclic N) is 1. The van der Waals surface area contributed by atoms with Gasteiger partial charge in [0.15, 0.2) is 0 Å². The fourth-order valence-electron chi connectivity index (χ4n) is 3.62. The summed E-state index contributed by atoms with van der Waals surface area (Å²) >= 11 is 0. The smallest absolute Gasteiger partial charge is 0.119 e. The zero-order chi connectivity index (χ0) is 20.5. The van der Waals surface area contributed by atoms with Gasteiger partial charge in [0.05, 0.1) is 5.69 Å². The van der Waals surface area contributed by atoms with E-state index < -0.39 is 6.10 Å². The Kier molecular flexibility index (Phi) is 8.37. The third kappa shape index (κ3) is 7.36. The molecule has 0 bridgehead atoms. The van der Waals surface area contributed by atoms with Crippen molar-refractivity contribution in [2.75, 3.05) is 52.9 Å². The van der Waals surface area contributed by atoms with Gasteiger partial charge in [-0.25, -0.2) is 0 Å². The van der Waals surface area contributed by atoms with Crippen molar-refractivity contribution in [2.24, 2.45) is 0 Å². The monoisotopic (exact) mass is 399 g/mol. The van der Waals surface area contributed by atoms with Gasteiger partial charge in [0, 0.05) is 64.4 Å². The predicted octanol–water partition coefficient (Wildman–Crippen LogP) is 1.49. The van der Waals surface area contributed by atoms with Gasteiger partial charge in [-0.2, -0.15) is 0 Å². The minimum atomic E-state index is -0.480. The molecular formula is C22H33N5O2. The van der Waals surface area contributed by atoms with Gasteiger partial charge in [0.25, 0.3) is 0 Å². The van der Waals surface area contributed by atoms with Crippen LogP contribution in [-0.4, -0.2) is 88.8 Å². The molecule has 1 fully saturated rings. The van der Waals surface area contributed by atoms with Crippen LogP contribution in [0.1, 0.15) is 18.2 Å². The van der Waals surface area contributed by atoms with Crippen molar-refractivity contribution in [3.05, 3.63) is 54.1 Å². The molecule has 1 aliphatic heterocycles. The Morgan fingerprint density at radius 1 is 1.14 bits per heavy atom. The molecule has 1 atom stereocenters. The molecule has 2 aromatic rings. The van der Waals surface area contributed by atoms with Crippen molar-refractivity contribution in [1.82, 2.24) is 24.7 Å². The maximum atomic E-state index is 10.4. The van der Waals surface area contributed by atoms with E-state index in [9.17, 15) is 5.11 Å². The van der Waals surface area contributed by atoms with Gasteiger partial charge in [-0.1, -0.05) is 19.1 Å². The van der Waals surface area contributed by atoms with Gasteiger partial charge in [-0.3, -0.25) is 19.8 Å². The number of nitrogens with zero attached hydrogens (tertiary/aromatic N) is 5. The van der Waals surface area contributed by atoms with Crippen molar-refractivity contribution in [3.8, 4) is 5.75 Å². The molecule has 1 aliphatic rings. The van der Waals surface area contributed by atoms with Crippen LogP contribution in [0.5, 0.6) is 5.75 Å². The van der Waals surface area contributed by atoms with Crippen molar-refractivity contribution in [1.29, 1.82) is 0 Å². The number of hydrogen-bond donors (Lipinski definition) is 1. The summed E-state index contributed by atoms with van der Waals surface area (Å²) in [5.41, 5.74) is 2.12. The van der Waals surface area contributed by atoms with E-state index in [2.05, 4.69) is 44.7 Å². The highest BCUT2D eigenvalue weighted by Gasteiger charge is 2.18. The number of aliphatic hydroxyl groups excluding tert-OH is 1. The van der Waals surface area contributed by atoms with Gasteiger partial charge in [0.2, 0.25) is 0 Å². The van der Waals surface area contributed by atoms with Crippen molar-refractivity contribution < 1.29 is 9.84 Å². The quantitative estimate of drug-likeness (QED) is 0.649. The van der Waals surface area contributed by atoms with E-state index in [0.29, 0.717) is 13.2 Å². The molecule has 0 unspecified atom stereocenters. The van der Waals surface area contributed by atoms with Crippen LogP contribution in [0.2, 0.25) is 0 Å². The molecule has 1 aromatic heterocycles. The molecule has 158 valence electrons. The topological polar surface area (TPSA) is 65.0 Å². The summed E-state index contributed by atoms with van der Waals surface area (Å²) in [6.45, 7) is 9.98. The molecule has 29 heavy (non-hydrogen) atoms. The van der Waals surface area contributed by atoms with Crippen molar-refractivity contribution in [2.45, 2.75) is 26.1 Å². The fraction of sp³-hybridized carbons (Fsp3) is 0.545. The summed E-state index contributed by atoms with van der Waals surface area (Å²) in [6.07, 6.45) is 4.71. The van der Waals surface area contributed by atoms with Crippen LogP contribution in [0.15, 0.2) is 42.9 Å². The average molecular weight is 400 g/mol. The SMILES string of the molecule is CCN1CCN(C[C@@H](O)COc2cccc(CN(C)Cc3cnccn3)c2)CC1. The lowest BCUT2D eigenvalue weighted by molar-refractivity contribution is 0.0470. The van der Waals surface area contributed by atoms with Gasteiger partial charge in [0.1, 0.15) is 18.5 Å². The number of rotatable bonds is 10. The van der Waals surface area contributed by atoms with Gasteiger partial charge >= 0.3 is 0 Å². The first-order valence-electron chi connectivity index (χ1n) is 10.4. The van der Waals surface area contributed by atoms with E-state index in [1.807, 2.05) is 18.2 Å². The van der Waals surface area contributed by atoms with Crippen LogP contribution in [0.4, 0.5) is 0 Å². The van der Waals surface area contributed by atoms with Crippen LogP contribution in [0.3, 0.4) is 0 Å². The summed E-state index contributed by atoms with van der Waals surface area (Å²) in [5.74, 6) is 0.797. The van der Waals surface area contributed by atoms with Gasteiger partial charge < -0.3 is 14.7 Å². The summed E-state index contributed by atoms with van der Waals surface area (Å²) in [6, 6.07) is 8.07. The molecule has 0 amide bonds. The third-order valence-corrected chi connectivity index (χ3v) is 5.22. The molecule has 1 N–H and O–H groups in total. The molecule has 2 heterocycles. The minimum absolute atomic E-state index is 0.312. The first-order valence-corrected chi connectivity index (χ1v) is 10.4. The fourth-order valence-corrected chi connectivity index (χ4v) is 3.62. The van der Waals surface area contributed by atoms with Crippen LogP contribution in [0.25, 0.3) is 0 Å². The largest absolute Gasteiger partial charge is 0.491 e. The maximum Gasteiger partial charge on any atom is 0.119 e. The van der Waals surface area contributed by atoms with Crippen molar-refractivity contribution >= 4 is 0 Å². The minimum Gasteiger partial charge on any atom is -0.491 e. The Balaban J connectivity index is 1.42. The van der Waals surface area contributed by atoms with E-state index in [1.165, 1.54) is 5.56 Å². The number of aromatic nitrogens is 2. The highest BCUT2D eigenvalue weighted by atomic mass is 16.5. The van der Waals surface area contributed by atoms with Crippen LogP contribution in [-0.2, 0) is 13.1 Å². The predicted molar refractivity (Wildman–Crippen MR) is 114 cm³/mol. The molecule has 1 saturated heterocycles. The molecular weight excluding hydrogens is 366 g/mol. The number of aliphatic hydroxyl groups is 1. The first kappa shape index (κ1) is 21.6. The molecule has 0 spiro atoms. The molecule has 3 rings (SSSR count). The molecule has 7 nitrogen and oxygen atoms in total. The Bertz CT molecular complexity index is 722. The number of likely N-dealkylation sites (N-methyl/N-ethyl adjacent to an activating group) is 1. The Labute approximate surface area is 173 Å². The van der Waals surface area contributed by atoms with E-state index in [4.69, 9.17) is 4.74 Å². The normalized spacial score (nSPS) is 16.8.